The van der Waals surface area contributed by atoms with Crippen molar-refractivity contribution in [3.05, 3.63) is 46.2 Å². The molecule has 1 aliphatic heterocycles. The second kappa shape index (κ2) is 7.83. The lowest BCUT2D eigenvalue weighted by Gasteiger charge is -2.07. The molecule has 1 aliphatic rings. The van der Waals surface area contributed by atoms with Gasteiger partial charge >= 0.3 is 0 Å². The lowest BCUT2D eigenvalue weighted by atomic mass is 10.2. The average Bonchev–Trinajstić information content (AvgIpc) is 3.27. The van der Waals surface area contributed by atoms with Crippen LogP contribution in [0, 0.1) is 0 Å². The van der Waals surface area contributed by atoms with Gasteiger partial charge in [0.1, 0.15) is 0 Å². The number of amides is 2. The third-order valence-electron chi connectivity index (χ3n) is 3.54. The Balaban J connectivity index is 1.33. The molecule has 1 aromatic carbocycles. The van der Waals surface area contributed by atoms with Gasteiger partial charge in [-0.1, -0.05) is 12.1 Å². The maximum atomic E-state index is 11.8. The van der Waals surface area contributed by atoms with Crippen LogP contribution in [0.2, 0.25) is 0 Å². The molecule has 0 aliphatic carbocycles. The zero-order valence-electron chi connectivity index (χ0n) is 13.0. The highest BCUT2D eigenvalue weighted by Crippen LogP contribution is 2.32. The summed E-state index contributed by atoms with van der Waals surface area (Å²) in [6.07, 6.45) is 0.972. The fraction of sp³-hybridized carbons (Fsp3) is 0.294. The summed E-state index contributed by atoms with van der Waals surface area (Å²) >= 11 is 1.40. The van der Waals surface area contributed by atoms with Crippen LogP contribution in [0.1, 0.15) is 28.1 Å². The van der Waals surface area contributed by atoms with Crippen molar-refractivity contribution < 1.29 is 19.1 Å². The maximum absolute atomic E-state index is 11.8. The molecule has 2 aromatic rings. The van der Waals surface area contributed by atoms with Crippen LogP contribution in [0.5, 0.6) is 11.5 Å². The number of carbonyl (C=O) groups excluding carboxylic acids is 2. The molecule has 0 saturated carbocycles. The molecule has 0 fully saturated rings. The molecule has 3 rings (SSSR count). The van der Waals surface area contributed by atoms with Crippen molar-refractivity contribution in [3.8, 4) is 11.5 Å². The number of hydrogen-bond acceptors (Lipinski definition) is 5. The van der Waals surface area contributed by atoms with Crippen LogP contribution in [0.3, 0.4) is 0 Å². The standard InChI is InChI=1S/C17H18N2O4S/c20-16(4-1-7-18-17(21)15-3-2-8-24-15)19-10-12-5-6-13-14(9-12)23-11-22-13/h2-3,5-6,8-9H,1,4,7,10-11H2,(H,18,21)(H,19,20). The van der Waals surface area contributed by atoms with Gasteiger partial charge in [0, 0.05) is 19.5 Å². The van der Waals surface area contributed by atoms with Gasteiger partial charge in [0.2, 0.25) is 12.7 Å². The van der Waals surface area contributed by atoms with Crippen molar-refractivity contribution in [3.63, 3.8) is 0 Å². The normalized spacial score (nSPS) is 12.0. The minimum Gasteiger partial charge on any atom is -0.454 e. The Hall–Kier alpha value is -2.54. The van der Waals surface area contributed by atoms with Gasteiger partial charge in [-0.25, -0.2) is 0 Å². The van der Waals surface area contributed by atoms with E-state index >= 15 is 0 Å². The van der Waals surface area contributed by atoms with Crippen LogP contribution in [-0.4, -0.2) is 25.2 Å². The molecule has 0 radical (unpaired) electrons. The molecular formula is C17H18N2O4S. The smallest absolute Gasteiger partial charge is 0.261 e. The first-order valence-corrected chi connectivity index (χ1v) is 8.57. The number of nitrogens with one attached hydrogen (secondary N) is 2. The monoisotopic (exact) mass is 346 g/mol. The van der Waals surface area contributed by atoms with Gasteiger partial charge < -0.3 is 20.1 Å². The molecule has 126 valence electrons. The van der Waals surface area contributed by atoms with Gasteiger partial charge in [-0.05, 0) is 35.6 Å². The fourth-order valence-corrected chi connectivity index (χ4v) is 2.93. The maximum Gasteiger partial charge on any atom is 0.261 e. The zero-order chi connectivity index (χ0) is 16.8. The molecule has 0 saturated heterocycles. The van der Waals surface area contributed by atoms with Gasteiger partial charge in [0.15, 0.2) is 11.5 Å². The van der Waals surface area contributed by atoms with E-state index in [1.54, 1.807) is 6.07 Å². The predicted molar refractivity (Wildman–Crippen MR) is 90.3 cm³/mol. The Labute approximate surface area is 143 Å². The largest absolute Gasteiger partial charge is 0.454 e. The van der Waals surface area contributed by atoms with Crippen molar-refractivity contribution in [1.29, 1.82) is 0 Å². The van der Waals surface area contributed by atoms with E-state index in [1.807, 2.05) is 29.6 Å². The van der Waals surface area contributed by atoms with Crippen LogP contribution in [0.4, 0.5) is 0 Å². The minimum absolute atomic E-state index is 0.0435. The molecule has 2 heterocycles. The summed E-state index contributed by atoms with van der Waals surface area (Å²) in [6.45, 7) is 1.16. The molecule has 1 aromatic heterocycles. The molecule has 24 heavy (non-hydrogen) atoms. The second-order valence-corrected chi connectivity index (χ2v) is 6.25. The molecule has 2 amide bonds. The van der Waals surface area contributed by atoms with Gasteiger partial charge in [0.25, 0.3) is 5.91 Å². The highest BCUT2D eigenvalue weighted by molar-refractivity contribution is 7.12. The summed E-state index contributed by atoms with van der Waals surface area (Å²) < 4.78 is 10.6. The summed E-state index contributed by atoms with van der Waals surface area (Å²) in [6, 6.07) is 9.21. The van der Waals surface area contributed by atoms with Gasteiger partial charge in [-0.3, -0.25) is 9.59 Å². The van der Waals surface area contributed by atoms with Crippen LogP contribution >= 0.6 is 11.3 Å². The van der Waals surface area contributed by atoms with Crippen molar-refractivity contribution in [2.45, 2.75) is 19.4 Å². The Morgan fingerprint density at radius 3 is 2.83 bits per heavy atom. The average molecular weight is 346 g/mol. The van der Waals surface area contributed by atoms with Crippen molar-refractivity contribution >= 4 is 23.2 Å². The number of carbonyl (C=O) groups is 2. The second-order valence-electron chi connectivity index (χ2n) is 5.30. The molecule has 2 N–H and O–H groups in total. The van der Waals surface area contributed by atoms with Crippen LogP contribution in [0.15, 0.2) is 35.7 Å². The summed E-state index contributed by atoms with van der Waals surface area (Å²) in [7, 11) is 0. The lowest BCUT2D eigenvalue weighted by molar-refractivity contribution is -0.121. The summed E-state index contributed by atoms with van der Waals surface area (Å²) in [5.74, 6) is 1.30. The number of ether oxygens (including phenoxy) is 2. The van der Waals surface area contributed by atoms with E-state index in [2.05, 4.69) is 10.6 Å². The van der Waals surface area contributed by atoms with Crippen molar-refractivity contribution in [1.82, 2.24) is 10.6 Å². The molecule has 7 heteroatoms. The number of benzene rings is 1. The van der Waals surface area contributed by atoms with Crippen LogP contribution in [-0.2, 0) is 11.3 Å². The van der Waals surface area contributed by atoms with Gasteiger partial charge in [-0.2, -0.15) is 0 Å². The molecule has 6 nitrogen and oxygen atoms in total. The molecule has 0 atom stereocenters. The Kier molecular flexibility index (Phi) is 5.32. The van der Waals surface area contributed by atoms with E-state index in [-0.39, 0.29) is 18.6 Å². The van der Waals surface area contributed by atoms with Gasteiger partial charge in [0.05, 0.1) is 4.88 Å². The van der Waals surface area contributed by atoms with E-state index in [0.29, 0.717) is 36.6 Å². The predicted octanol–water partition coefficient (Wildman–Crippen LogP) is 2.30. The first-order chi connectivity index (χ1) is 11.7. The number of thiophene rings is 1. The zero-order valence-corrected chi connectivity index (χ0v) is 13.9. The first-order valence-electron chi connectivity index (χ1n) is 7.69. The molecular weight excluding hydrogens is 328 g/mol. The Morgan fingerprint density at radius 2 is 2.00 bits per heavy atom. The highest BCUT2D eigenvalue weighted by atomic mass is 32.1. The Bertz CT molecular complexity index is 715. The number of fused-ring (bicyclic) bond motifs is 1. The highest BCUT2D eigenvalue weighted by Gasteiger charge is 2.13. The van der Waals surface area contributed by atoms with E-state index in [0.717, 1.165) is 11.3 Å². The molecule has 0 spiro atoms. The van der Waals surface area contributed by atoms with E-state index in [4.69, 9.17) is 9.47 Å². The third-order valence-corrected chi connectivity index (χ3v) is 4.41. The van der Waals surface area contributed by atoms with Crippen molar-refractivity contribution in [2.75, 3.05) is 13.3 Å². The van der Waals surface area contributed by atoms with Crippen LogP contribution in [0.25, 0.3) is 0 Å². The lowest BCUT2D eigenvalue weighted by Crippen LogP contribution is -2.26. The van der Waals surface area contributed by atoms with E-state index in [9.17, 15) is 9.59 Å². The minimum atomic E-state index is -0.0919. The topological polar surface area (TPSA) is 76.7 Å². The summed E-state index contributed by atoms with van der Waals surface area (Å²) in [5, 5.41) is 7.52. The van der Waals surface area contributed by atoms with Gasteiger partial charge in [-0.15, -0.1) is 11.3 Å². The van der Waals surface area contributed by atoms with E-state index in [1.165, 1.54) is 11.3 Å². The summed E-state index contributed by atoms with van der Waals surface area (Å²) in [4.78, 5) is 24.3. The third kappa shape index (κ3) is 4.26. The number of rotatable bonds is 7. The van der Waals surface area contributed by atoms with E-state index < -0.39 is 0 Å². The fourth-order valence-electron chi connectivity index (χ4n) is 2.29. The summed E-state index contributed by atoms with van der Waals surface area (Å²) in [5.41, 5.74) is 0.957. The SMILES string of the molecule is O=C(CCCNC(=O)c1cccs1)NCc1ccc2c(c1)OCO2. The quantitative estimate of drug-likeness (QED) is 0.754. The van der Waals surface area contributed by atoms with Crippen LogP contribution < -0.4 is 20.1 Å². The van der Waals surface area contributed by atoms with Crippen molar-refractivity contribution in [2.24, 2.45) is 0 Å². The number of hydrogen-bond donors (Lipinski definition) is 2. The molecule has 0 unspecified atom stereocenters. The first kappa shape index (κ1) is 16.3. The Morgan fingerprint density at radius 1 is 1.12 bits per heavy atom. The molecule has 0 bridgehead atoms.